The lowest BCUT2D eigenvalue weighted by Gasteiger charge is -2.17. The molecule has 78 valence electrons. The highest BCUT2D eigenvalue weighted by molar-refractivity contribution is 5.84. The van der Waals surface area contributed by atoms with E-state index in [2.05, 4.69) is 6.08 Å². The fourth-order valence-electron chi connectivity index (χ4n) is 1.06. The summed E-state index contributed by atoms with van der Waals surface area (Å²) in [5.41, 5.74) is -0.307. The third-order valence-electron chi connectivity index (χ3n) is 2.17. The Labute approximate surface area is 85.6 Å². The van der Waals surface area contributed by atoms with Crippen molar-refractivity contribution in [2.45, 2.75) is 33.6 Å². The molecule has 0 aromatic carbocycles. The topological polar surface area (TPSA) is 26.3 Å². The van der Waals surface area contributed by atoms with Crippen LogP contribution in [0.1, 0.15) is 33.6 Å². The molecule has 0 N–H and O–H groups in total. The molecule has 0 heterocycles. The van der Waals surface area contributed by atoms with E-state index in [0.717, 1.165) is 18.6 Å². The number of ketones is 1. The third kappa shape index (κ3) is 3.36. The first kappa shape index (κ1) is 11.0. The minimum Gasteiger partial charge on any atom is -0.486 e. The zero-order valence-electron chi connectivity index (χ0n) is 9.17. The first-order valence-corrected chi connectivity index (χ1v) is 5.03. The Kier molecular flexibility index (Phi) is 3.50. The van der Waals surface area contributed by atoms with Crippen LogP contribution < -0.4 is 0 Å². The summed E-state index contributed by atoms with van der Waals surface area (Å²) >= 11 is 0. The van der Waals surface area contributed by atoms with Gasteiger partial charge < -0.3 is 4.74 Å². The van der Waals surface area contributed by atoms with E-state index in [1.165, 1.54) is 0 Å². The molecule has 0 amide bonds. The van der Waals surface area contributed by atoms with Gasteiger partial charge in [0.1, 0.15) is 12.4 Å². The first-order valence-electron chi connectivity index (χ1n) is 5.03. The number of ether oxygens (including phenoxy) is 1. The summed E-state index contributed by atoms with van der Waals surface area (Å²) in [5, 5.41) is 0. The average molecular weight is 194 g/mol. The summed E-state index contributed by atoms with van der Waals surface area (Å²) in [6.07, 6.45) is 8.10. The molecule has 2 heteroatoms. The summed E-state index contributed by atoms with van der Waals surface area (Å²) < 4.78 is 5.40. The summed E-state index contributed by atoms with van der Waals surface area (Å²) in [7, 11) is 0. The molecular weight excluding hydrogens is 176 g/mol. The van der Waals surface area contributed by atoms with E-state index >= 15 is 0 Å². The van der Waals surface area contributed by atoms with Crippen LogP contribution in [0.4, 0.5) is 0 Å². The van der Waals surface area contributed by atoms with Crippen molar-refractivity contribution in [3.8, 4) is 0 Å². The predicted octanol–water partition coefficient (Wildman–Crippen LogP) is 2.85. The van der Waals surface area contributed by atoms with Crippen LogP contribution in [-0.2, 0) is 9.53 Å². The van der Waals surface area contributed by atoms with Crippen molar-refractivity contribution in [1.82, 2.24) is 0 Å². The van der Waals surface area contributed by atoms with Gasteiger partial charge in [-0.3, -0.25) is 4.79 Å². The molecule has 0 spiro atoms. The highest BCUT2D eigenvalue weighted by Crippen LogP contribution is 2.16. The van der Waals surface area contributed by atoms with E-state index in [1.54, 1.807) is 0 Å². The monoisotopic (exact) mass is 194 g/mol. The van der Waals surface area contributed by atoms with Crippen LogP contribution in [0.3, 0.4) is 0 Å². The molecule has 0 fully saturated rings. The van der Waals surface area contributed by atoms with Crippen LogP contribution in [0, 0.1) is 5.41 Å². The zero-order valence-corrected chi connectivity index (χ0v) is 9.17. The van der Waals surface area contributed by atoms with Gasteiger partial charge in [0.15, 0.2) is 5.78 Å². The van der Waals surface area contributed by atoms with Crippen LogP contribution in [0.2, 0.25) is 0 Å². The number of hydrogen-bond acceptors (Lipinski definition) is 2. The fraction of sp³-hybridized carbons (Fsp3) is 0.583. The van der Waals surface area contributed by atoms with Gasteiger partial charge in [-0.1, -0.05) is 26.8 Å². The summed E-state index contributed by atoms with van der Waals surface area (Å²) in [6, 6.07) is 0. The maximum absolute atomic E-state index is 11.5. The third-order valence-corrected chi connectivity index (χ3v) is 2.17. The average Bonchev–Trinajstić information content (AvgIpc) is 2.14. The van der Waals surface area contributed by atoms with E-state index in [1.807, 2.05) is 32.9 Å². The molecule has 14 heavy (non-hydrogen) atoms. The lowest BCUT2D eigenvalue weighted by atomic mass is 9.91. The molecule has 0 bridgehead atoms. The highest BCUT2D eigenvalue weighted by atomic mass is 16.5. The van der Waals surface area contributed by atoms with Crippen LogP contribution in [0.5, 0.6) is 0 Å². The van der Waals surface area contributed by atoms with E-state index in [0.29, 0.717) is 0 Å². The van der Waals surface area contributed by atoms with Crippen molar-refractivity contribution < 1.29 is 9.53 Å². The molecule has 2 nitrogen and oxygen atoms in total. The first-order chi connectivity index (χ1) is 6.50. The normalized spacial score (nSPS) is 16.4. The van der Waals surface area contributed by atoms with E-state index in [4.69, 9.17) is 4.74 Å². The quantitative estimate of drug-likeness (QED) is 0.690. The molecule has 0 radical (unpaired) electrons. The molecule has 0 atom stereocenters. The summed E-state index contributed by atoms with van der Waals surface area (Å²) in [4.78, 5) is 11.5. The second-order valence-electron chi connectivity index (χ2n) is 4.55. The number of allylic oxidation sites excluding steroid dienone is 3. The molecule has 0 unspecified atom stereocenters. The van der Waals surface area contributed by atoms with Crippen LogP contribution in [0.25, 0.3) is 0 Å². The van der Waals surface area contributed by atoms with Gasteiger partial charge in [0, 0.05) is 5.41 Å². The van der Waals surface area contributed by atoms with Gasteiger partial charge in [0.05, 0.1) is 0 Å². The number of Topliss-reactive ketones (excluding diaryl/α,β-unsaturated/α-hetero) is 1. The fourth-order valence-corrected chi connectivity index (χ4v) is 1.06. The Morgan fingerprint density at radius 2 is 2.14 bits per heavy atom. The lowest BCUT2D eigenvalue weighted by Crippen LogP contribution is -2.24. The van der Waals surface area contributed by atoms with Gasteiger partial charge in [0.2, 0.25) is 0 Å². The SMILES string of the molecule is CC(C)(C)C(=O)COC1=CCCC=C1. The Hall–Kier alpha value is -1.05. The Bertz CT molecular complexity index is 267. The van der Waals surface area contributed by atoms with E-state index in [9.17, 15) is 4.79 Å². The molecule has 0 aliphatic heterocycles. The maximum atomic E-state index is 11.5. The van der Waals surface area contributed by atoms with Gasteiger partial charge in [-0.2, -0.15) is 0 Å². The number of carbonyl (C=O) groups is 1. The molecule has 0 saturated heterocycles. The highest BCUT2D eigenvalue weighted by Gasteiger charge is 2.21. The van der Waals surface area contributed by atoms with Crippen molar-refractivity contribution in [2.24, 2.45) is 5.41 Å². The van der Waals surface area contributed by atoms with Crippen molar-refractivity contribution in [2.75, 3.05) is 6.61 Å². The van der Waals surface area contributed by atoms with Crippen molar-refractivity contribution in [1.29, 1.82) is 0 Å². The molecule has 1 aliphatic carbocycles. The van der Waals surface area contributed by atoms with Gasteiger partial charge in [0.25, 0.3) is 0 Å². The van der Waals surface area contributed by atoms with E-state index < -0.39 is 0 Å². The lowest BCUT2D eigenvalue weighted by molar-refractivity contribution is -0.129. The maximum Gasteiger partial charge on any atom is 0.175 e. The molecule has 0 aromatic heterocycles. The van der Waals surface area contributed by atoms with Crippen molar-refractivity contribution in [3.05, 3.63) is 24.0 Å². The predicted molar refractivity (Wildman–Crippen MR) is 56.9 cm³/mol. The zero-order chi connectivity index (χ0) is 10.6. The van der Waals surface area contributed by atoms with Gasteiger partial charge in [-0.25, -0.2) is 0 Å². The van der Waals surface area contributed by atoms with Gasteiger partial charge >= 0.3 is 0 Å². The Morgan fingerprint density at radius 1 is 1.43 bits per heavy atom. The number of hydrogen-bond donors (Lipinski definition) is 0. The van der Waals surface area contributed by atoms with Crippen molar-refractivity contribution in [3.63, 3.8) is 0 Å². The number of carbonyl (C=O) groups excluding carboxylic acids is 1. The standard InChI is InChI=1S/C12H18O2/c1-12(2,3)11(13)9-14-10-7-5-4-6-8-10/h5,7-8H,4,6,9H2,1-3H3. The largest absolute Gasteiger partial charge is 0.486 e. The molecule has 0 aromatic rings. The molecule has 1 rings (SSSR count). The number of rotatable bonds is 3. The smallest absolute Gasteiger partial charge is 0.175 e. The van der Waals surface area contributed by atoms with Gasteiger partial charge in [-0.15, -0.1) is 0 Å². The second kappa shape index (κ2) is 4.45. The van der Waals surface area contributed by atoms with Crippen LogP contribution in [0.15, 0.2) is 24.0 Å². The molecular formula is C12H18O2. The second-order valence-corrected chi connectivity index (χ2v) is 4.55. The minimum absolute atomic E-state index is 0.136. The van der Waals surface area contributed by atoms with E-state index in [-0.39, 0.29) is 17.8 Å². The van der Waals surface area contributed by atoms with Crippen molar-refractivity contribution >= 4 is 5.78 Å². The summed E-state index contributed by atoms with van der Waals surface area (Å²) in [6.45, 7) is 5.90. The Morgan fingerprint density at radius 3 is 2.64 bits per heavy atom. The Balaban J connectivity index is 2.37. The molecule has 1 aliphatic rings. The minimum atomic E-state index is -0.307. The van der Waals surface area contributed by atoms with Gasteiger partial charge in [-0.05, 0) is 25.0 Å². The van der Waals surface area contributed by atoms with Crippen LogP contribution in [-0.4, -0.2) is 12.4 Å². The molecule has 0 saturated carbocycles. The summed E-state index contributed by atoms with van der Waals surface area (Å²) in [5.74, 6) is 0.964. The van der Waals surface area contributed by atoms with Crippen LogP contribution >= 0.6 is 0 Å².